The number of ether oxygens (including phenoxy) is 2. The van der Waals surface area contributed by atoms with Crippen molar-refractivity contribution in [2.24, 2.45) is 0 Å². The second-order valence-corrected chi connectivity index (χ2v) is 8.17. The van der Waals surface area contributed by atoms with E-state index in [0.717, 1.165) is 16.2 Å². The smallest absolute Gasteiger partial charge is 0.343 e. The molecule has 0 aliphatic carbocycles. The third-order valence-corrected chi connectivity index (χ3v) is 5.51. The molecular weight excluding hydrogens is 446 g/mol. The fourth-order valence-electron chi connectivity index (χ4n) is 3.51. The van der Waals surface area contributed by atoms with Crippen molar-refractivity contribution in [3.8, 4) is 5.75 Å². The molecule has 8 heteroatoms. The minimum absolute atomic E-state index is 0.126. The first-order chi connectivity index (χ1) is 16.8. The largest absolute Gasteiger partial charge is 0.497 e. The number of rotatable bonds is 7. The molecule has 0 spiro atoms. The summed E-state index contributed by atoms with van der Waals surface area (Å²) in [5.41, 5.74) is 2.91. The zero-order valence-electron chi connectivity index (χ0n) is 19.9. The lowest BCUT2D eigenvalue weighted by Gasteiger charge is -2.15. The normalized spacial score (nSPS) is 13.2. The molecule has 1 aliphatic rings. The zero-order chi connectivity index (χ0) is 25.1. The van der Waals surface area contributed by atoms with E-state index < -0.39 is 17.8 Å². The van der Waals surface area contributed by atoms with Gasteiger partial charge in [-0.05, 0) is 67.6 Å². The van der Waals surface area contributed by atoms with Gasteiger partial charge in [0.25, 0.3) is 5.91 Å². The number of carbonyl (C=O) groups excluding carboxylic acids is 3. The highest BCUT2D eigenvalue weighted by molar-refractivity contribution is 6.33. The number of benzene rings is 3. The van der Waals surface area contributed by atoms with Crippen LogP contribution >= 0.6 is 0 Å². The van der Waals surface area contributed by atoms with E-state index in [0.29, 0.717) is 17.1 Å². The van der Waals surface area contributed by atoms with Crippen LogP contribution in [0.3, 0.4) is 0 Å². The second kappa shape index (κ2) is 9.72. The lowest BCUT2D eigenvalue weighted by atomic mass is 10.2. The van der Waals surface area contributed by atoms with Gasteiger partial charge in [-0.2, -0.15) is 0 Å². The summed E-state index contributed by atoms with van der Waals surface area (Å²) in [4.78, 5) is 42.4. The Hall–Kier alpha value is -4.59. The molecule has 1 N–H and O–H groups in total. The first-order valence-electron chi connectivity index (χ1n) is 10.9. The Balaban J connectivity index is 1.68. The third kappa shape index (κ3) is 4.86. The molecule has 0 aromatic heterocycles. The van der Waals surface area contributed by atoms with Crippen LogP contribution in [0, 0.1) is 6.92 Å². The van der Waals surface area contributed by atoms with Crippen molar-refractivity contribution < 1.29 is 23.9 Å². The van der Waals surface area contributed by atoms with Gasteiger partial charge in [-0.1, -0.05) is 17.7 Å². The lowest BCUT2D eigenvalue weighted by Crippen LogP contribution is -2.32. The second-order valence-electron chi connectivity index (χ2n) is 8.17. The van der Waals surface area contributed by atoms with Crippen LogP contribution in [-0.2, 0) is 14.3 Å². The molecule has 0 saturated heterocycles. The number of anilines is 3. The molecule has 0 unspecified atom stereocenters. The van der Waals surface area contributed by atoms with Gasteiger partial charge in [-0.15, -0.1) is 0 Å². The third-order valence-electron chi connectivity index (χ3n) is 5.51. The first-order valence-corrected chi connectivity index (χ1v) is 10.9. The molecule has 0 atom stereocenters. The van der Waals surface area contributed by atoms with Gasteiger partial charge in [0.05, 0.1) is 18.4 Å². The monoisotopic (exact) mass is 471 g/mol. The summed E-state index contributed by atoms with van der Waals surface area (Å²) in [6.45, 7) is 1.90. The number of aryl methyl sites for hydroxylation is 1. The van der Waals surface area contributed by atoms with Crippen molar-refractivity contribution in [1.29, 1.82) is 0 Å². The van der Waals surface area contributed by atoms with E-state index >= 15 is 0 Å². The molecule has 2 amide bonds. The molecule has 0 fully saturated rings. The van der Waals surface area contributed by atoms with Crippen molar-refractivity contribution in [1.82, 2.24) is 0 Å². The van der Waals surface area contributed by atoms with E-state index in [2.05, 4.69) is 5.32 Å². The number of hydrogen-bond donors (Lipinski definition) is 1. The van der Waals surface area contributed by atoms with Crippen LogP contribution in [0.2, 0.25) is 0 Å². The Labute approximate surface area is 203 Å². The molecule has 1 heterocycles. The molecule has 0 bridgehead atoms. The van der Waals surface area contributed by atoms with E-state index in [1.807, 2.05) is 25.9 Å². The number of amides is 2. The zero-order valence-corrected chi connectivity index (χ0v) is 19.9. The van der Waals surface area contributed by atoms with Gasteiger partial charge in [0, 0.05) is 25.5 Å². The predicted molar refractivity (Wildman–Crippen MR) is 133 cm³/mol. The summed E-state index contributed by atoms with van der Waals surface area (Å²) in [6.07, 6.45) is 0. The topological polar surface area (TPSA) is 88.2 Å². The maximum atomic E-state index is 13.3. The molecule has 0 saturated carbocycles. The minimum atomic E-state index is -0.744. The van der Waals surface area contributed by atoms with Crippen molar-refractivity contribution in [3.05, 3.63) is 95.4 Å². The van der Waals surface area contributed by atoms with Gasteiger partial charge in [0.15, 0.2) is 5.70 Å². The van der Waals surface area contributed by atoms with Crippen LogP contribution in [0.4, 0.5) is 17.1 Å². The van der Waals surface area contributed by atoms with Crippen LogP contribution in [-0.4, -0.2) is 39.0 Å². The maximum absolute atomic E-state index is 13.3. The molecule has 178 valence electrons. The molecule has 35 heavy (non-hydrogen) atoms. The number of methoxy groups -OCH3 is 1. The molecule has 3 aromatic rings. The fourth-order valence-corrected chi connectivity index (χ4v) is 3.51. The van der Waals surface area contributed by atoms with Crippen LogP contribution in [0.5, 0.6) is 5.75 Å². The summed E-state index contributed by atoms with van der Waals surface area (Å²) in [5, 5.41) is 2.94. The Kier molecular flexibility index (Phi) is 6.55. The Morgan fingerprint density at radius 1 is 0.857 bits per heavy atom. The van der Waals surface area contributed by atoms with Gasteiger partial charge in [0.1, 0.15) is 5.75 Å². The summed E-state index contributed by atoms with van der Waals surface area (Å²) in [6, 6.07) is 20.5. The van der Waals surface area contributed by atoms with E-state index in [9.17, 15) is 14.4 Å². The minimum Gasteiger partial charge on any atom is -0.497 e. The Morgan fingerprint density at radius 2 is 1.49 bits per heavy atom. The van der Waals surface area contributed by atoms with Crippen molar-refractivity contribution >= 4 is 34.8 Å². The van der Waals surface area contributed by atoms with Crippen molar-refractivity contribution in [2.45, 2.75) is 6.92 Å². The summed E-state index contributed by atoms with van der Waals surface area (Å²) >= 11 is 0. The van der Waals surface area contributed by atoms with Gasteiger partial charge < -0.3 is 19.7 Å². The summed E-state index contributed by atoms with van der Waals surface area (Å²) < 4.78 is 10.7. The van der Waals surface area contributed by atoms with Crippen LogP contribution < -0.4 is 19.9 Å². The number of imide groups is 1. The molecule has 4 rings (SSSR count). The maximum Gasteiger partial charge on any atom is 0.343 e. The quantitative estimate of drug-likeness (QED) is 0.410. The fraction of sp³-hybridized carbons (Fsp3) is 0.148. The first kappa shape index (κ1) is 23.6. The number of nitrogens with one attached hydrogen (secondary N) is 1. The average Bonchev–Trinajstić information content (AvgIpc) is 3.09. The number of hydrogen-bond acceptors (Lipinski definition) is 7. The summed E-state index contributed by atoms with van der Waals surface area (Å²) in [5.74, 6) is -1.83. The highest BCUT2D eigenvalue weighted by Crippen LogP contribution is 2.30. The SMILES string of the molecule is COc1ccc(NC2=C(OC(=O)c3ccc(N(C)C)cc3)C(=O)N(c3ccc(C)cc3)C2=O)cc1. The van der Waals surface area contributed by atoms with Gasteiger partial charge in [0.2, 0.25) is 5.76 Å². The highest BCUT2D eigenvalue weighted by atomic mass is 16.5. The Morgan fingerprint density at radius 3 is 2.06 bits per heavy atom. The van der Waals surface area contributed by atoms with E-state index in [1.165, 1.54) is 0 Å². The average molecular weight is 472 g/mol. The van der Waals surface area contributed by atoms with Crippen LogP contribution in [0.1, 0.15) is 15.9 Å². The van der Waals surface area contributed by atoms with Crippen LogP contribution in [0.15, 0.2) is 84.3 Å². The number of nitrogens with zero attached hydrogens (tertiary/aromatic N) is 2. The van der Waals surface area contributed by atoms with E-state index in [-0.39, 0.29) is 17.0 Å². The Bertz CT molecular complexity index is 1290. The number of esters is 1. The van der Waals surface area contributed by atoms with Gasteiger partial charge in [-0.25, -0.2) is 9.69 Å². The van der Waals surface area contributed by atoms with Crippen LogP contribution in [0.25, 0.3) is 0 Å². The summed E-state index contributed by atoms with van der Waals surface area (Å²) in [7, 11) is 5.32. The van der Waals surface area contributed by atoms with E-state index in [1.54, 1.807) is 79.9 Å². The molecule has 8 nitrogen and oxygen atoms in total. The molecule has 3 aromatic carbocycles. The number of carbonyl (C=O) groups is 3. The van der Waals surface area contributed by atoms with Gasteiger partial charge >= 0.3 is 11.9 Å². The van der Waals surface area contributed by atoms with Crippen molar-refractivity contribution in [2.75, 3.05) is 36.3 Å². The van der Waals surface area contributed by atoms with Gasteiger partial charge in [-0.3, -0.25) is 9.59 Å². The standard InChI is InChI=1S/C27H25N3O5/c1-17-5-11-21(12-6-17)30-25(31)23(28-19-9-15-22(34-4)16-10-19)24(26(30)32)35-27(33)18-7-13-20(14-8-18)29(2)3/h5-16,28H,1-4H3. The van der Waals surface area contributed by atoms with Crippen molar-refractivity contribution in [3.63, 3.8) is 0 Å². The molecular formula is C27H25N3O5. The molecule has 0 radical (unpaired) electrons. The molecule has 1 aliphatic heterocycles. The predicted octanol–water partition coefficient (Wildman–Crippen LogP) is 4.12. The lowest BCUT2D eigenvalue weighted by molar-refractivity contribution is -0.121. The highest BCUT2D eigenvalue weighted by Gasteiger charge is 2.42. The van der Waals surface area contributed by atoms with E-state index in [4.69, 9.17) is 9.47 Å².